The van der Waals surface area contributed by atoms with Crippen molar-refractivity contribution in [3.8, 4) is 0 Å². The van der Waals surface area contributed by atoms with Crippen molar-refractivity contribution in [2.24, 2.45) is 5.92 Å². The maximum Gasteiger partial charge on any atom is 0.329 e. The van der Waals surface area contributed by atoms with E-state index in [4.69, 9.17) is 4.42 Å². The number of nitrogens with zero attached hydrogens (tertiary/aromatic N) is 1. The molecule has 7 heteroatoms. The summed E-state index contributed by atoms with van der Waals surface area (Å²) in [6.07, 6.45) is 1.64. The summed E-state index contributed by atoms with van der Waals surface area (Å²) in [5, 5.41) is 14.3. The summed E-state index contributed by atoms with van der Waals surface area (Å²) in [5.74, 6) is 0.0871. The summed E-state index contributed by atoms with van der Waals surface area (Å²) in [7, 11) is 0. The molecule has 2 rings (SSSR count). The van der Waals surface area contributed by atoms with Crippen LogP contribution in [0.1, 0.15) is 37.1 Å². The minimum Gasteiger partial charge on any atom is -0.480 e. The predicted octanol–water partition coefficient (Wildman–Crippen LogP) is 1.34. The Balaban J connectivity index is 1.90. The van der Waals surface area contributed by atoms with Gasteiger partial charge in [0, 0.05) is 0 Å². The third-order valence-electron chi connectivity index (χ3n) is 3.68. The van der Waals surface area contributed by atoms with E-state index in [1.54, 1.807) is 6.92 Å². The average molecular weight is 281 g/mol. The number of hydrogen-bond donors (Lipinski definition) is 3. The Labute approximate surface area is 116 Å². The fraction of sp³-hybridized carbons (Fsp3) is 0.615. The van der Waals surface area contributed by atoms with E-state index in [1.165, 1.54) is 6.92 Å². The van der Waals surface area contributed by atoms with E-state index in [9.17, 15) is 14.7 Å². The van der Waals surface area contributed by atoms with Crippen molar-refractivity contribution in [3.63, 3.8) is 0 Å². The molecule has 1 aromatic rings. The number of urea groups is 1. The lowest BCUT2D eigenvalue weighted by atomic mass is 9.96. The summed E-state index contributed by atoms with van der Waals surface area (Å²) in [6, 6.07) is -0.532. The SMILES string of the molecule is Cc1nc(CNC(=O)NC(C)(C(=O)O)C2CC2)oc1C. The highest BCUT2D eigenvalue weighted by Crippen LogP contribution is 2.39. The molecule has 1 heterocycles. The van der Waals surface area contributed by atoms with Gasteiger partial charge in [-0.1, -0.05) is 0 Å². The van der Waals surface area contributed by atoms with Crippen LogP contribution >= 0.6 is 0 Å². The number of carboxylic acid groups (broad SMARTS) is 1. The quantitative estimate of drug-likeness (QED) is 0.755. The summed E-state index contributed by atoms with van der Waals surface area (Å²) in [5.41, 5.74) is -0.442. The lowest BCUT2D eigenvalue weighted by Gasteiger charge is -2.25. The van der Waals surface area contributed by atoms with Crippen molar-refractivity contribution in [1.29, 1.82) is 0 Å². The Morgan fingerprint density at radius 2 is 2.10 bits per heavy atom. The molecule has 20 heavy (non-hydrogen) atoms. The van der Waals surface area contributed by atoms with Crippen LogP contribution in [-0.4, -0.2) is 27.6 Å². The number of aromatic nitrogens is 1. The molecular formula is C13H19N3O4. The molecule has 1 unspecified atom stereocenters. The van der Waals surface area contributed by atoms with Gasteiger partial charge in [-0.25, -0.2) is 14.6 Å². The van der Waals surface area contributed by atoms with E-state index in [1.807, 2.05) is 6.92 Å². The largest absolute Gasteiger partial charge is 0.480 e. The Morgan fingerprint density at radius 3 is 2.55 bits per heavy atom. The van der Waals surface area contributed by atoms with Gasteiger partial charge in [0.2, 0.25) is 5.89 Å². The van der Waals surface area contributed by atoms with Gasteiger partial charge in [-0.15, -0.1) is 0 Å². The first-order chi connectivity index (χ1) is 9.33. The Hall–Kier alpha value is -2.05. The maximum absolute atomic E-state index is 11.8. The molecule has 0 saturated heterocycles. The molecule has 3 N–H and O–H groups in total. The monoisotopic (exact) mass is 281 g/mol. The van der Waals surface area contributed by atoms with Crippen LogP contribution in [-0.2, 0) is 11.3 Å². The molecular weight excluding hydrogens is 262 g/mol. The Bertz CT molecular complexity index is 516. The summed E-state index contributed by atoms with van der Waals surface area (Å²) < 4.78 is 5.33. The maximum atomic E-state index is 11.8. The van der Waals surface area contributed by atoms with Gasteiger partial charge >= 0.3 is 12.0 Å². The van der Waals surface area contributed by atoms with Gasteiger partial charge in [0.15, 0.2) is 0 Å². The van der Waals surface area contributed by atoms with Gasteiger partial charge in [-0.3, -0.25) is 0 Å². The smallest absolute Gasteiger partial charge is 0.329 e. The molecule has 0 radical (unpaired) electrons. The number of hydrogen-bond acceptors (Lipinski definition) is 4. The lowest BCUT2D eigenvalue weighted by Crippen LogP contribution is -2.56. The number of rotatable bonds is 5. The molecule has 0 aliphatic heterocycles. The fourth-order valence-electron chi connectivity index (χ4n) is 2.04. The fourth-order valence-corrected chi connectivity index (χ4v) is 2.04. The van der Waals surface area contributed by atoms with E-state index < -0.39 is 17.5 Å². The molecule has 7 nitrogen and oxygen atoms in total. The minimum atomic E-state index is -1.22. The number of aryl methyl sites for hydroxylation is 2. The van der Waals surface area contributed by atoms with Gasteiger partial charge in [0.25, 0.3) is 0 Å². The highest BCUT2D eigenvalue weighted by molar-refractivity contribution is 5.86. The summed E-state index contributed by atoms with van der Waals surface area (Å²) in [6.45, 7) is 5.27. The van der Waals surface area contributed by atoms with Gasteiger partial charge in [0.1, 0.15) is 11.3 Å². The van der Waals surface area contributed by atoms with Gasteiger partial charge < -0.3 is 20.2 Å². The highest BCUT2D eigenvalue weighted by Gasteiger charge is 2.48. The van der Waals surface area contributed by atoms with Crippen LogP contribution in [0.2, 0.25) is 0 Å². The molecule has 2 amide bonds. The number of carbonyl (C=O) groups excluding carboxylic acids is 1. The predicted molar refractivity (Wildman–Crippen MR) is 70.1 cm³/mol. The summed E-state index contributed by atoms with van der Waals surface area (Å²) >= 11 is 0. The van der Waals surface area contributed by atoms with Crippen molar-refractivity contribution in [2.75, 3.05) is 0 Å². The van der Waals surface area contributed by atoms with E-state index in [0.717, 1.165) is 18.5 Å². The average Bonchev–Trinajstić information content (AvgIpc) is 3.15. The molecule has 1 aromatic heterocycles. The second-order valence-corrected chi connectivity index (χ2v) is 5.34. The van der Waals surface area contributed by atoms with Crippen LogP contribution in [0, 0.1) is 19.8 Å². The van der Waals surface area contributed by atoms with Gasteiger partial charge in [-0.05, 0) is 39.5 Å². The Kier molecular flexibility index (Phi) is 3.69. The standard InChI is InChI=1S/C13H19N3O4/c1-7-8(2)20-10(15-7)6-14-12(19)16-13(3,11(17)18)9-4-5-9/h9H,4-6H2,1-3H3,(H,17,18)(H2,14,16,19). The molecule has 1 aliphatic rings. The number of amides is 2. The van der Waals surface area contributed by atoms with Crippen molar-refractivity contribution in [1.82, 2.24) is 15.6 Å². The van der Waals surface area contributed by atoms with E-state index in [2.05, 4.69) is 15.6 Å². The summed E-state index contributed by atoms with van der Waals surface area (Å²) in [4.78, 5) is 27.2. The lowest BCUT2D eigenvalue weighted by molar-refractivity contribution is -0.144. The van der Waals surface area contributed by atoms with Crippen LogP contribution in [0.3, 0.4) is 0 Å². The number of oxazole rings is 1. The van der Waals surface area contributed by atoms with E-state index in [0.29, 0.717) is 11.7 Å². The van der Waals surface area contributed by atoms with Crippen LogP contribution in [0.15, 0.2) is 4.42 Å². The van der Waals surface area contributed by atoms with Crippen LogP contribution in [0.5, 0.6) is 0 Å². The van der Waals surface area contributed by atoms with Crippen LogP contribution < -0.4 is 10.6 Å². The first-order valence-electron chi connectivity index (χ1n) is 6.55. The van der Waals surface area contributed by atoms with Crippen molar-refractivity contribution in [2.45, 2.75) is 45.7 Å². The zero-order chi connectivity index (χ0) is 14.9. The number of aliphatic carboxylic acids is 1. The van der Waals surface area contributed by atoms with E-state index >= 15 is 0 Å². The number of nitrogens with one attached hydrogen (secondary N) is 2. The van der Waals surface area contributed by atoms with Crippen molar-refractivity contribution in [3.05, 3.63) is 17.3 Å². The van der Waals surface area contributed by atoms with Crippen molar-refractivity contribution >= 4 is 12.0 Å². The van der Waals surface area contributed by atoms with E-state index in [-0.39, 0.29) is 12.5 Å². The van der Waals surface area contributed by atoms with Gasteiger partial charge in [-0.2, -0.15) is 0 Å². The molecule has 1 atom stereocenters. The molecule has 0 spiro atoms. The molecule has 0 bridgehead atoms. The Morgan fingerprint density at radius 1 is 1.45 bits per heavy atom. The first kappa shape index (κ1) is 14.4. The zero-order valence-electron chi connectivity index (χ0n) is 11.8. The molecule has 1 aliphatic carbocycles. The van der Waals surface area contributed by atoms with Crippen LogP contribution in [0.4, 0.5) is 4.79 Å². The van der Waals surface area contributed by atoms with Gasteiger partial charge in [0.05, 0.1) is 12.2 Å². The molecule has 0 aromatic carbocycles. The highest BCUT2D eigenvalue weighted by atomic mass is 16.4. The normalized spacial score (nSPS) is 17.4. The molecule has 1 saturated carbocycles. The number of carboxylic acids is 1. The molecule has 110 valence electrons. The topological polar surface area (TPSA) is 104 Å². The minimum absolute atomic E-state index is 0.00280. The second kappa shape index (κ2) is 5.15. The third-order valence-corrected chi connectivity index (χ3v) is 3.68. The zero-order valence-corrected chi connectivity index (χ0v) is 11.8. The third kappa shape index (κ3) is 2.92. The van der Waals surface area contributed by atoms with Crippen molar-refractivity contribution < 1.29 is 19.1 Å². The van der Waals surface area contributed by atoms with Crippen LogP contribution in [0.25, 0.3) is 0 Å². The number of carbonyl (C=O) groups is 2. The molecule has 1 fully saturated rings. The first-order valence-corrected chi connectivity index (χ1v) is 6.55. The second-order valence-electron chi connectivity index (χ2n) is 5.34.